The van der Waals surface area contributed by atoms with E-state index in [0.717, 1.165) is 0 Å². The zero-order chi connectivity index (χ0) is 12.3. The largest absolute Gasteiger partial charge is 0.465 e. The molecule has 1 heterocycles. The minimum absolute atomic E-state index is 0.0132. The second-order valence-electron chi connectivity index (χ2n) is 2.85. The lowest BCUT2D eigenvalue weighted by Crippen LogP contribution is -2.14. The monoisotopic (exact) mass is 342 g/mol. The molecule has 0 fully saturated rings. The van der Waals surface area contributed by atoms with E-state index in [0.29, 0.717) is 0 Å². The molecule has 0 aliphatic rings. The van der Waals surface area contributed by atoms with Crippen molar-refractivity contribution < 1.29 is 18.3 Å². The Balaban J connectivity index is 3.42. The Labute approximate surface area is 104 Å². The summed E-state index contributed by atoms with van der Waals surface area (Å²) in [5.74, 6) is -0.716. The van der Waals surface area contributed by atoms with Crippen molar-refractivity contribution in [1.29, 1.82) is 0 Å². The number of methoxy groups -OCH3 is 1. The third-order valence-electron chi connectivity index (χ3n) is 2.01. The third-order valence-corrected chi connectivity index (χ3v) is 2.87. The van der Waals surface area contributed by atoms with E-state index in [1.807, 2.05) is 0 Å². The quantitative estimate of drug-likeness (QED) is 0.518. The molecule has 88 valence electrons. The number of rotatable bonds is 3. The summed E-state index contributed by atoms with van der Waals surface area (Å²) in [7, 11) is 1.17. The number of carbonyl (C=O) groups excluding carboxylic acids is 1. The van der Waals surface area contributed by atoms with Crippen LogP contribution in [0, 0.1) is 3.70 Å². The highest BCUT2D eigenvalue weighted by Gasteiger charge is 2.23. The average molecular weight is 342 g/mol. The van der Waals surface area contributed by atoms with Gasteiger partial charge in [-0.3, -0.25) is 0 Å². The Kier molecular flexibility index (Phi) is 4.54. The minimum Gasteiger partial charge on any atom is -0.465 e. The fraction of sp³-hybridized carbons (Fsp3) is 0.333. The molecular formula is C9H9F2IN2O2. The standard InChI is InChI=1S/C9H9F2IN2O2/c1-16-9(15)5-3-14-8(12)6(7(10)11)4(5)2-13/h3,7H,2,13H2,1H3. The van der Waals surface area contributed by atoms with Gasteiger partial charge < -0.3 is 10.5 Å². The van der Waals surface area contributed by atoms with Crippen LogP contribution >= 0.6 is 22.6 Å². The number of hydrogen-bond acceptors (Lipinski definition) is 4. The predicted molar refractivity (Wildman–Crippen MR) is 61.1 cm³/mol. The molecular weight excluding hydrogens is 333 g/mol. The van der Waals surface area contributed by atoms with Gasteiger partial charge in [-0.1, -0.05) is 0 Å². The highest BCUT2D eigenvalue weighted by molar-refractivity contribution is 14.1. The minimum atomic E-state index is -2.72. The highest BCUT2D eigenvalue weighted by Crippen LogP contribution is 2.28. The normalized spacial score (nSPS) is 10.6. The first kappa shape index (κ1) is 13.2. The summed E-state index contributed by atoms with van der Waals surface area (Å²) in [6, 6.07) is 0. The molecule has 0 aliphatic carbocycles. The van der Waals surface area contributed by atoms with Gasteiger partial charge in [0.05, 0.1) is 18.2 Å². The van der Waals surface area contributed by atoms with E-state index in [1.54, 1.807) is 22.6 Å². The molecule has 0 radical (unpaired) electrons. The molecule has 2 N–H and O–H groups in total. The van der Waals surface area contributed by atoms with Crippen LogP contribution in [0.5, 0.6) is 0 Å². The smallest absolute Gasteiger partial charge is 0.339 e. The molecule has 0 amide bonds. The molecule has 1 aromatic rings. The molecule has 1 aromatic heterocycles. The van der Waals surface area contributed by atoms with Crippen molar-refractivity contribution in [1.82, 2.24) is 4.98 Å². The fourth-order valence-electron chi connectivity index (χ4n) is 1.27. The third kappa shape index (κ3) is 2.46. The molecule has 0 aromatic carbocycles. The van der Waals surface area contributed by atoms with Gasteiger partial charge in [-0.15, -0.1) is 0 Å². The second kappa shape index (κ2) is 5.48. The SMILES string of the molecule is COC(=O)c1cnc(I)c(C(F)F)c1CN. The maximum Gasteiger partial charge on any atom is 0.339 e. The van der Waals surface area contributed by atoms with Gasteiger partial charge in [0, 0.05) is 12.7 Å². The van der Waals surface area contributed by atoms with E-state index in [2.05, 4.69) is 9.72 Å². The molecule has 0 saturated heterocycles. The Hall–Kier alpha value is -0.830. The summed E-state index contributed by atoms with van der Waals surface area (Å²) < 4.78 is 30.2. The van der Waals surface area contributed by atoms with E-state index in [1.165, 1.54) is 13.3 Å². The van der Waals surface area contributed by atoms with E-state index in [-0.39, 0.29) is 26.9 Å². The maximum atomic E-state index is 12.8. The Morgan fingerprint density at radius 1 is 1.69 bits per heavy atom. The first-order valence-electron chi connectivity index (χ1n) is 4.26. The average Bonchev–Trinajstić information content (AvgIpc) is 2.26. The number of pyridine rings is 1. The molecule has 0 unspecified atom stereocenters. The molecule has 0 aliphatic heterocycles. The lowest BCUT2D eigenvalue weighted by atomic mass is 10.1. The van der Waals surface area contributed by atoms with E-state index >= 15 is 0 Å². The topological polar surface area (TPSA) is 65.2 Å². The molecule has 1 rings (SSSR count). The lowest BCUT2D eigenvalue weighted by molar-refractivity contribution is 0.0598. The van der Waals surface area contributed by atoms with Crippen LogP contribution in [0.15, 0.2) is 6.20 Å². The van der Waals surface area contributed by atoms with E-state index in [9.17, 15) is 13.6 Å². The second-order valence-corrected chi connectivity index (χ2v) is 3.87. The van der Waals surface area contributed by atoms with E-state index < -0.39 is 12.4 Å². The highest BCUT2D eigenvalue weighted by atomic mass is 127. The summed E-state index contributed by atoms with van der Waals surface area (Å²) in [4.78, 5) is 15.0. The Bertz CT molecular complexity index is 413. The molecule has 7 heteroatoms. The number of carbonyl (C=O) groups is 1. The molecule has 0 bridgehead atoms. The van der Waals surface area contributed by atoms with Crippen LogP contribution in [-0.4, -0.2) is 18.1 Å². The molecule has 0 saturated carbocycles. The first-order chi connectivity index (χ1) is 7.52. The number of aromatic nitrogens is 1. The number of halogens is 3. The number of nitrogens with zero attached hydrogens (tertiary/aromatic N) is 1. The zero-order valence-corrected chi connectivity index (χ0v) is 10.5. The first-order valence-corrected chi connectivity index (χ1v) is 5.34. The molecule has 16 heavy (non-hydrogen) atoms. The summed E-state index contributed by atoms with van der Waals surface area (Å²) in [6.45, 7) is -0.164. The fourth-order valence-corrected chi connectivity index (χ4v) is 1.97. The van der Waals surface area contributed by atoms with Gasteiger partial charge in [0.25, 0.3) is 6.43 Å². The van der Waals surface area contributed by atoms with Gasteiger partial charge in [-0.25, -0.2) is 18.6 Å². The number of esters is 1. The molecule has 0 spiro atoms. The van der Waals surface area contributed by atoms with Crippen LogP contribution < -0.4 is 5.73 Å². The van der Waals surface area contributed by atoms with Gasteiger partial charge in [-0.2, -0.15) is 0 Å². The van der Waals surface area contributed by atoms with Crippen molar-refractivity contribution in [2.24, 2.45) is 5.73 Å². The van der Waals surface area contributed by atoms with Crippen molar-refractivity contribution in [3.05, 3.63) is 26.6 Å². The van der Waals surface area contributed by atoms with Crippen LogP contribution in [0.1, 0.15) is 27.9 Å². The van der Waals surface area contributed by atoms with Crippen LogP contribution in [0.3, 0.4) is 0 Å². The number of hydrogen-bond donors (Lipinski definition) is 1. The van der Waals surface area contributed by atoms with Gasteiger partial charge in [0.15, 0.2) is 0 Å². The number of ether oxygens (including phenoxy) is 1. The molecule has 0 atom stereocenters. The van der Waals surface area contributed by atoms with Gasteiger partial charge in [0.2, 0.25) is 0 Å². The summed E-state index contributed by atoms with van der Waals surface area (Å²) in [6.07, 6.45) is -1.52. The maximum absolute atomic E-state index is 12.8. The van der Waals surface area contributed by atoms with Gasteiger partial charge in [0.1, 0.15) is 3.70 Å². The summed E-state index contributed by atoms with van der Waals surface area (Å²) in [5, 5.41) is 0. The number of nitrogens with two attached hydrogens (primary N) is 1. The van der Waals surface area contributed by atoms with Crippen molar-refractivity contribution in [2.75, 3.05) is 7.11 Å². The molecule has 4 nitrogen and oxygen atoms in total. The van der Waals surface area contributed by atoms with Crippen LogP contribution in [0.2, 0.25) is 0 Å². The van der Waals surface area contributed by atoms with Gasteiger partial charge in [-0.05, 0) is 28.2 Å². The van der Waals surface area contributed by atoms with Gasteiger partial charge >= 0.3 is 5.97 Å². The van der Waals surface area contributed by atoms with Crippen molar-refractivity contribution in [3.8, 4) is 0 Å². The van der Waals surface area contributed by atoms with Crippen LogP contribution in [0.25, 0.3) is 0 Å². The summed E-state index contributed by atoms with van der Waals surface area (Å²) in [5.41, 5.74) is 5.15. The summed E-state index contributed by atoms with van der Waals surface area (Å²) >= 11 is 1.68. The number of alkyl halides is 2. The van der Waals surface area contributed by atoms with E-state index in [4.69, 9.17) is 5.73 Å². The zero-order valence-electron chi connectivity index (χ0n) is 8.34. The Morgan fingerprint density at radius 2 is 2.31 bits per heavy atom. The van der Waals surface area contributed by atoms with Crippen molar-refractivity contribution >= 4 is 28.6 Å². The Morgan fingerprint density at radius 3 is 2.75 bits per heavy atom. The van der Waals surface area contributed by atoms with Crippen LogP contribution in [-0.2, 0) is 11.3 Å². The predicted octanol–water partition coefficient (Wildman–Crippen LogP) is 1.87. The van der Waals surface area contributed by atoms with Crippen molar-refractivity contribution in [2.45, 2.75) is 13.0 Å². The van der Waals surface area contributed by atoms with Crippen LogP contribution in [0.4, 0.5) is 8.78 Å². The van der Waals surface area contributed by atoms with Crippen molar-refractivity contribution in [3.63, 3.8) is 0 Å². The lowest BCUT2D eigenvalue weighted by Gasteiger charge is -2.12.